The number of ether oxygens (including phenoxy) is 3. The molecule has 0 saturated carbocycles. The van der Waals surface area contributed by atoms with Crippen molar-refractivity contribution in [3.63, 3.8) is 0 Å². The summed E-state index contributed by atoms with van der Waals surface area (Å²) in [5.41, 5.74) is 6.38. The molecule has 0 unspecified atom stereocenters. The molecule has 1 aromatic carbocycles. The van der Waals surface area contributed by atoms with Crippen molar-refractivity contribution in [1.82, 2.24) is 5.32 Å². The van der Waals surface area contributed by atoms with E-state index in [-0.39, 0.29) is 24.7 Å². The lowest BCUT2D eigenvalue weighted by molar-refractivity contribution is -0.120. The number of amides is 1. The minimum atomic E-state index is -0.137. The smallest absolute Gasteiger partial charge is 0.233 e. The zero-order valence-corrected chi connectivity index (χ0v) is 11.9. The SMILES string of the molecule is NCC(=O)NCC1(c2ccc3c(c2)OCO3)CCOCC1. The van der Waals surface area contributed by atoms with Crippen molar-refractivity contribution < 1.29 is 19.0 Å². The molecule has 1 aromatic rings. The van der Waals surface area contributed by atoms with E-state index in [2.05, 4.69) is 5.32 Å². The van der Waals surface area contributed by atoms with Gasteiger partial charge in [0.15, 0.2) is 11.5 Å². The number of carbonyl (C=O) groups is 1. The number of fused-ring (bicyclic) bond motifs is 1. The van der Waals surface area contributed by atoms with Crippen molar-refractivity contribution >= 4 is 5.91 Å². The lowest BCUT2D eigenvalue weighted by Crippen LogP contribution is -2.46. The highest BCUT2D eigenvalue weighted by molar-refractivity contribution is 5.77. The number of benzene rings is 1. The molecule has 1 fully saturated rings. The van der Waals surface area contributed by atoms with Crippen LogP contribution in [0.25, 0.3) is 0 Å². The highest BCUT2D eigenvalue weighted by atomic mass is 16.7. The number of carbonyl (C=O) groups excluding carboxylic acids is 1. The maximum absolute atomic E-state index is 11.5. The Morgan fingerprint density at radius 3 is 2.76 bits per heavy atom. The molecule has 0 bridgehead atoms. The molecule has 3 N–H and O–H groups in total. The number of nitrogens with one attached hydrogen (secondary N) is 1. The van der Waals surface area contributed by atoms with E-state index in [0.717, 1.165) is 29.9 Å². The van der Waals surface area contributed by atoms with Crippen LogP contribution in [0.15, 0.2) is 18.2 Å². The van der Waals surface area contributed by atoms with Crippen LogP contribution >= 0.6 is 0 Å². The quantitative estimate of drug-likeness (QED) is 0.846. The van der Waals surface area contributed by atoms with Gasteiger partial charge in [-0.25, -0.2) is 0 Å². The fourth-order valence-electron chi connectivity index (χ4n) is 2.90. The summed E-state index contributed by atoms with van der Waals surface area (Å²) in [6.07, 6.45) is 1.72. The van der Waals surface area contributed by atoms with Gasteiger partial charge in [0.1, 0.15) is 0 Å². The molecule has 2 aliphatic heterocycles. The Morgan fingerprint density at radius 2 is 2.00 bits per heavy atom. The Morgan fingerprint density at radius 1 is 1.24 bits per heavy atom. The molecule has 2 heterocycles. The molecular weight excluding hydrogens is 272 g/mol. The zero-order valence-electron chi connectivity index (χ0n) is 11.9. The Bertz CT molecular complexity index is 526. The van der Waals surface area contributed by atoms with Crippen LogP contribution in [-0.4, -0.2) is 39.0 Å². The standard InChI is InChI=1S/C15H20N2O4/c16-8-14(18)17-9-15(3-5-19-6-4-15)11-1-2-12-13(7-11)21-10-20-12/h1-2,7H,3-6,8-10,16H2,(H,17,18). The van der Waals surface area contributed by atoms with E-state index < -0.39 is 0 Å². The van der Waals surface area contributed by atoms with E-state index in [1.165, 1.54) is 0 Å². The molecule has 0 atom stereocenters. The van der Waals surface area contributed by atoms with Gasteiger partial charge in [0.2, 0.25) is 12.7 Å². The summed E-state index contributed by atoms with van der Waals surface area (Å²) in [7, 11) is 0. The third kappa shape index (κ3) is 2.82. The molecule has 0 spiro atoms. The second kappa shape index (κ2) is 5.91. The lowest BCUT2D eigenvalue weighted by atomic mass is 9.74. The molecule has 1 saturated heterocycles. The molecular formula is C15H20N2O4. The average molecular weight is 292 g/mol. The third-order valence-electron chi connectivity index (χ3n) is 4.24. The van der Waals surface area contributed by atoms with Crippen molar-refractivity contribution in [2.45, 2.75) is 18.3 Å². The van der Waals surface area contributed by atoms with Crippen LogP contribution in [0.3, 0.4) is 0 Å². The Kier molecular flexibility index (Phi) is 3.98. The first kappa shape index (κ1) is 14.2. The van der Waals surface area contributed by atoms with Gasteiger partial charge in [-0.15, -0.1) is 0 Å². The van der Waals surface area contributed by atoms with E-state index in [4.69, 9.17) is 19.9 Å². The van der Waals surface area contributed by atoms with Gasteiger partial charge in [0, 0.05) is 25.2 Å². The van der Waals surface area contributed by atoms with Crippen LogP contribution in [0.2, 0.25) is 0 Å². The van der Waals surface area contributed by atoms with Gasteiger partial charge in [-0.1, -0.05) is 6.07 Å². The zero-order chi connectivity index (χ0) is 14.7. The Labute approximate surface area is 123 Å². The summed E-state index contributed by atoms with van der Waals surface area (Å²) in [6, 6.07) is 6.00. The van der Waals surface area contributed by atoms with Crippen molar-refractivity contribution in [3.05, 3.63) is 23.8 Å². The predicted molar refractivity (Wildman–Crippen MR) is 76.4 cm³/mol. The fraction of sp³-hybridized carbons (Fsp3) is 0.533. The maximum Gasteiger partial charge on any atom is 0.233 e. The van der Waals surface area contributed by atoms with Gasteiger partial charge in [-0.2, -0.15) is 0 Å². The summed E-state index contributed by atoms with van der Waals surface area (Å²) in [6.45, 7) is 2.21. The van der Waals surface area contributed by atoms with E-state index in [9.17, 15) is 4.79 Å². The second-order valence-corrected chi connectivity index (χ2v) is 5.44. The van der Waals surface area contributed by atoms with E-state index in [1.807, 2.05) is 18.2 Å². The van der Waals surface area contributed by atoms with Gasteiger partial charge >= 0.3 is 0 Å². The average Bonchev–Trinajstić information content (AvgIpc) is 3.01. The van der Waals surface area contributed by atoms with Crippen LogP contribution < -0.4 is 20.5 Å². The minimum absolute atomic E-state index is 0.00766. The monoisotopic (exact) mass is 292 g/mol. The summed E-state index contributed by atoms with van der Waals surface area (Å²) < 4.78 is 16.3. The van der Waals surface area contributed by atoms with E-state index in [0.29, 0.717) is 19.8 Å². The van der Waals surface area contributed by atoms with E-state index >= 15 is 0 Å². The van der Waals surface area contributed by atoms with Crippen LogP contribution in [-0.2, 0) is 14.9 Å². The number of hydrogen-bond acceptors (Lipinski definition) is 5. The first-order valence-corrected chi connectivity index (χ1v) is 7.18. The molecule has 6 heteroatoms. The molecule has 6 nitrogen and oxygen atoms in total. The topological polar surface area (TPSA) is 82.8 Å². The highest BCUT2D eigenvalue weighted by Gasteiger charge is 2.35. The molecule has 2 aliphatic rings. The van der Waals surface area contributed by atoms with Crippen LogP contribution in [0, 0.1) is 0 Å². The van der Waals surface area contributed by atoms with Crippen molar-refractivity contribution in [2.24, 2.45) is 5.73 Å². The first-order valence-electron chi connectivity index (χ1n) is 7.18. The summed E-state index contributed by atoms with van der Waals surface area (Å²) in [5.74, 6) is 1.40. The first-order chi connectivity index (χ1) is 10.2. The molecule has 3 rings (SSSR count). The number of rotatable bonds is 4. The molecule has 0 aliphatic carbocycles. The molecule has 0 aromatic heterocycles. The van der Waals surface area contributed by atoms with Crippen molar-refractivity contribution in [2.75, 3.05) is 33.1 Å². The normalized spacial score (nSPS) is 19.3. The summed E-state index contributed by atoms with van der Waals surface area (Å²) in [4.78, 5) is 11.5. The summed E-state index contributed by atoms with van der Waals surface area (Å²) in [5, 5.41) is 2.92. The number of nitrogens with two attached hydrogens (primary N) is 1. The second-order valence-electron chi connectivity index (χ2n) is 5.44. The molecule has 21 heavy (non-hydrogen) atoms. The van der Waals surface area contributed by atoms with Gasteiger partial charge in [-0.3, -0.25) is 4.79 Å². The molecule has 0 radical (unpaired) electrons. The predicted octanol–water partition coefficient (Wildman–Crippen LogP) is 0.538. The van der Waals surface area contributed by atoms with E-state index in [1.54, 1.807) is 0 Å². The summed E-state index contributed by atoms with van der Waals surface area (Å²) >= 11 is 0. The van der Waals surface area contributed by atoms with Gasteiger partial charge in [0.25, 0.3) is 0 Å². The minimum Gasteiger partial charge on any atom is -0.454 e. The Balaban J connectivity index is 1.85. The van der Waals surface area contributed by atoms with Crippen LogP contribution in [0.4, 0.5) is 0 Å². The van der Waals surface area contributed by atoms with Crippen molar-refractivity contribution in [1.29, 1.82) is 0 Å². The highest BCUT2D eigenvalue weighted by Crippen LogP contribution is 2.40. The number of hydrogen-bond donors (Lipinski definition) is 2. The Hall–Kier alpha value is -1.79. The van der Waals surface area contributed by atoms with Gasteiger partial charge in [-0.05, 0) is 30.5 Å². The van der Waals surface area contributed by atoms with Crippen molar-refractivity contribution in [3.8, 4) is 11.5 Å². The van der Waals surface area contributed by atoms with Gasteiger partial charge in [0.05, 0.1) is 6.54 Å². The largest absolute Gasteiger partial charge is 0.454 e. The van der Waals surface area contributed by atoms with Gasteiger partial charge < -0.3 is 25.3 Å². The fourth-order valence-corrected chi connectivity index (χ4v) is 2.90. The maximum atomic E-state index is 11.5. The third-order valence-corrected chi connectivity index (χ3v) is 4.24. The van der Waals surface area contributed by atoms with Crippen LogP contribution in [0.5, 0.6) is 11.5 Å². The molecule has 1 amide bonds. The van der Waals surface area contributed by atoms with Crippen LogP contribution in [0.1, 0.15) is 18.4 Å². The molecule has 114 valence electrons. The lowest BCUT2D eigenvalue weighted by Gasteiger charge is -2.38.